The highest BCUT2D eigenvalue weighted by Crippen LogP contribution is 2.27. The highest BCUT2D eigenvalue weighted by molar-refractivity contribution is 7.10. The monoisotopic (exact) mass is 333 g/mol. The average molecular weight is 333 g/mol. The van der Waals surface area contributed by atoms with Gasteiger partial charge < -0.3 is 4.90 Å². The summed E-state index contributed by atoms with van der Waals surface area (Å²) in [6.07, 6.45) is 1.57. The Bertz CT molecular complexity index is 649. The summed E-state index contributed by atoms with van der Waals surface area (Å²) in [5.41, 5.74) is 1.42. The topological polar surface area (TPSA) is 60.9 Å². The summed E-state index contributed by atoms with van der Waals surface area (Å²) in [5.74, 6) is -0.555. The first-order valence-corrected chi connectivity index (χ1v) is 8.90. The number of hydrogen-bond donors (Lipinski definition) is 0. The molecule has 0 radical (unpaired) electrons. The maximum absolute atomic E-state index is 12.2. The molecular formula is C16H19N3O3S. The molecule has 0 aromatic carbocycles. The fourth-order valence-electron chi connectivity index (χ4n) is 3.51. The van der Waals surface area contributed by atoms with Gasteiger partial charge in [0.2, 0.25) is 17.7 Å². The van der Waals surface area contributed by atoms with Gasteiger partial charge >= 0.3 is 0 Å². The van der Waals surface area contributed by atoms with E-state index in [0.29, 0.717) is 19.1 Å². The van der Waals surface area contributed by atoms with Gasteiger partial charge in [-0.05, 0) is 23.4 Å². The Labute approximate surface area is 138 Å². The highest BCUT2D eigenvalue weighted by atomic mass is 32.1. The molecule has 122 valence electrons. The van der Waals surface area contributed by atoms with Gasteiger partial charge in [-0.25, -0.2) is 0 Å². The Balaban J connectivity index is 1.29. The van der Waals surface area contributed by atoms with Crippen LogP contribution >= 0.6 is 11.3 Å². The Morgan fingerprint density at radius 2 is 1.91 bits per heavy atom. The Kier molecular flexibility index (Phi) is 3.69. The van der Waals surface area contributed by atoms with E-state index in [1.54, 1.807) is 4.90 Å². The largest absolute Gasteiger partial charge is 0.338 e. The number of likely N-dealkylation sites (tertiary alicyclic amines) is 2. The van der Waals surface area contributed by atoms with Crippen LogP contribution in [0.4, 0.5) is 0 Å². The number of fused-ring (bicyclic) bond motifs is 1. The van der Waals surface area contributed by atoms with E-state index in [-0.39, 0.29) is 37.1 Å². The van der Waals surface area contributed by atoms with Crippen LogP contribution in [0.15, 0.2) is 11.4 Å². The van der Waals surface area contributed by atoms with Gasteiger partial charge in [0.25, 0.3) is 0 Å². The van der Waals surface area contributed by atoms with Gasteiger partial charge in [-0.1, -0.05) is 0 Å². The molecule has 0 spiro atoms. The van der Waals surface area contributed by atoms with E-state index < -0.39 is 0 Å². The summed E-state index contributed by atoms with van der Waals surface area (Å²) < 4.78 is 0. The lowest BCUT2D eigenvalue weighted by atomic mass is 10.0. The molecule has 0 bridgehead atoms. The number of hydrogen-bond acceptors (Lipinski definition) is 5. The number of imide groups is 1. The molecule has 1 aromatic heterocycles. The van der Waals surface area contributed by atoms with Crippen molar-refractivity contribution in [3.05, 3.63) is 21.9 Å². The molecule has 4 rings (SSSR count). The van der Waals surface area contributed by atoms with Crippen LogP contribution in [0.2, 0.25) is 0 Å². The van der Waals surface area contributed by atoms with Crippen LogP contribution in [0.25, 0.3) is 0 Å². The smallest absolute Gasteiger partial charge is 0.242 e. The zero-order valence-corrected chi connectivity index (χ0v) is 13.7. The second kappa shape index (κ2) is 5.72. The van der Waals surface area contributed by atoms with Gasteiger partial charge in [0.15, 0.2) is 0 Å². The summed E-state index contributed by atoms with van der Waals surface area (Å²) in [6.45, 7) is 3.33. The third-order valence-electron chi connectivity index (χ3n) is 5.02. The Morgan fingerprint density at radius 1 is 1.17 bits per heavy atom. The van der Waals surface area contributed by atoms with Crippen LogP contribution in [0, 0.1) is 0 Å². The van der Waals surface area contributed by atoms with Crippen LogP contribution in [0.1, 0.15) is 23.3 Å². The van der Waals surface area contributed by atoms with Gasteiger partial charge in [0, 0.05) is 49.9 Å². The van der Waals surface area contributed by atoms with Crippen LogP contribution in [0.3, 0.4) is 0 Å². The van der Waals surface area contributed by atoms with E-state index in [0.717, 1.165) is 24.4 Å². The number of carbonyl (C=O) groups excluding carboxylic acids is 3. The van der Waals surface area contributed by atoms with E-state index >= 15 is 0 Å². The molecule has 3 aliphatic heterocycles. The fourth-order valence-corrected chi connectivity index (χ4v) is 4.40. The number of thiophene rings is 1. The number of amides is 3. The predicted octanol–water partition coefficient (Wildman–Crippen LogP) is 0.466. The average Bonchev–Trinajstić information content (AvgIpc) is 3.07. The van der Waals surface area contributed by atoms with Gasteiger partial charge in [0.05, 0.1) is 0 Å². The summed E-state index contributed by atoms with van der Waals surface area (Å²) in [5, 5.41) is 2.15. The van der Waals surface area contributed by atoms with Crippen molar-refractivity contribution in [2.75, 3.05) is 26.2 Å². The van der Waals surface area contributed by atoms with E-state index in [2.05, 4.69) is 16.3 Å². The van der Waals surface area contributed by atoms with Crippen molar-refractivity contribution in [3.63, 3.8) is 0 Å². The number of nitrogens with zero attached hydrogens (tertiary/aromatic N) is 3. The minimum Gasteiger partial charge on any atom is -0.338 e. The van der Waals surface area contributed by atoms with E-state index in [9.17, 15) is 14.4 Å². The second-order valence-corrected chi connectivity index (χ2v) is 7.42. The molecule has 0 aliphatic carbocycles. The molecule has 0 N–H and O–H groups in total. The quantitative estimate of drug-likeness (QED) is 0.755. The first-order chi connectivity index (χ1) is 11.1. The summed E-state index contributed by atoms with van der Waals surface area (Å²) in [6, 6.07) is 2.59. The first kappa shape index (κ1) is 14.8. The number of carbonyl (C=O) groups is 3. The summed E-state index contributed by atoms with van der Waals surface area (Å²) >= 11 is 1.83. The van der Waals surface area contributed by atoms with Crippen molar-refractivity contribution in [2.24, 2.45) is 0 Å². The lowest BCUT2D eigenvalue weighted by Crippen LogP contribution is -2.63. The standard InChI is InChI=1S/C16H19N3O3S/c20-14-1-2-15(21)19(14)10-16(22)18-8-12(9-18)17-5-3-13-11(7-17)4-6-23-13/h4,6,12H,1-3,5,7-10H2. The minimum absolute atomic E-state index is 0.0843. The lowest BCUT2D eigenvalue weighted by molar-refractivity contribution is -0.149. The highest BCUT2D eigenvalue weighted by Gasteiger charge is 2.38. The first-order valence-electron chi connectivity index (χ1n) is 8.02. The maximum atomic E-state index is 12.2. The normalized spacial score (nSPS) is 22.4. The molecule has 0 unspecified atom stereocenters. The molecular weight excluding hydrogens is 314 g/mol. The molecule has 3 aliphatic rings. The van der Waals surface area contributed by atoms with E-state index in [1.165, 1.54) is 10.4 Å². The Morgan fingerprint density at radius 3 is 2.65 bits per heavy atom. The SMILES string of the molecule is O=C(CN1C(=O)CCC1=O)N1CC(N2CCc3sccc3C2)C1. The second-order valence-electron chi connectivity index (χ2n) is 6.42. The van der Waals surface area contributed by atoms with Crippen LogP contribution in [0.5, 0.6) is 0 Å². The molecule has 4 heterocycles. The van der Waals surface area contributed by atoms with Crippen LogP contribution in [-0.4, -0.2) is 64.6 Å². The van der Waals surface area contributed by atoms with Crippen molar-refractivity contribution in [3.8, 4) is 0 Å². The summed E-state index contributed by atoms with van der Waals surface area (Å²) in [4.78, 5) is 42.2. The fraction of sp³-hybridized carbons (Fsp3) is 0.562. The maximum Gasteiger partial charge on any atom is 0.242 e. The molecule has 0 atom stereocenters. The van der Waals surface area contributed by atoms with Gasteiger partial charge in [-0.15, -0.1) is 11.3 Å². The third-order valence-corrected chi connectivity index (χ3v) is 6.04. The summed E-state index contributed by atoms with van der Waals surface area (Å²) in [7, 11) is 0. The molecule has 3 amide bonds. The minimum atomic E-state index is -0.221. The molecule has 2 fully saturated rings. The van der Waals surface area contributed by atoms with Gasteiger partial charge in [-0.2, -0.15) is 0 Å². The Hall–Kier alpha value is -1.73. The van der Waals surface area contributed by atoms with Crippen molar-refractivity contribution >= 4 is 29.1 Å². The zero-order valence-electron chi connectivity index (χ0n) is 12.9. The molecule has 0 saturated carbocycles. The van der Waals surface area contributed by atoms with Gasteiger partial charge in [-0.3, -0.25) is 24.2 Å². The van der Waals surface area contributed by atoms with Crippen molar-refractivity contribution in [1.82, 2.24) is 14.7 Å². The number of rotatable bonds is 3. The van der Waals surface area contributed by atoms with Crippen LogP contribution in [-0.2, 0) is 27.3 Å². The van der Waals surface area contributed by atoms with Crippen LogP contribution < -0.4 is 0 Å². The van der Waals surface area contributed by atoms with Crippen molar-refractivity contribution in [1.29, 1.82) is 0 Å². The molecule has 7 heteroatoms. The molecule has 1 aromatic rings. The van der Waals surface area contributed by atoms with Gasteiger partial charge in [0.1, 0.15) is 6.54 Å². The lowest BCUT2D eigenvalue weighted by Gasteiger charge is -2.46. The molecule has 2 saturated heterocycles. The van der Waals surface area contributed by atoms with Crippen molar-refractivity contribution < 1.29 is 14.4 Å². The predicted molar refractivity (Wildman–Crippen MR) is 84.8 cm³/mol. The van der Waals surface area contributed by atoms with Crippen molar-refractivity contribution in [2.45, 2.75) is 31.8 Å². The molecule has 23 heavy (non-hydrogen) atoms. The zero-order chi connectivity index (χ0) is 16.0. The third kappa shape index (κ3) is 2.68. The van der Waals surface area contributed by atoms with E-state index in [1.807, 2.05) is 11.3 Å². The molecule has 6 nitrogen and oxygen atoms in total. The van der Waals surface area contributed by atoms with E-state index in [4.69, 9.17) is 0 Å².